The van der Waals surface area contributed by atoms with Crippen LogP contribution in [0, 0.1) is 5.92 Å². The summed E-state index contributed by atoms with van der Waals surface area (Å²) in [5.41, 5.74) is 2.01. The van der Waals surface area contributed by atoms with Gasteiger partial charge in [-0.25, -0.2) is 0 Å². The van der Waals surface area contributed by atoms with Gasteiger partial charge in [-0.3, -0.25) is 14.2 Å². The largest absolute Gasteiger partial charge is 0.342 e. The smallest absolute Gasteiger partial charge is 0.225 e. The number of aromatic nitrogens is 3. The maximum atomic E-state index is 12.6. The molecule has 0 radical (unpaired) electrons. The van der Waals surface area contributed by atoms with Crippen molar-refractivity contribution in [2.45, 2.75) is 64.5 Å². The van der Waals surface area contributed by atoms with E-state index in [0.29, 0.717) is 30.4 Å². The molecule has 0 N–H and O–H groups in total. The molecule has 2 aliphatic heterocycles. The van der Waals surface area contributed by atoms with E-state index >= 15 is 0 Å². The van der Waals surface area contributed by atoms with Crippen LogP contribution in [-0.2, 0) is 22.7 Å². The SMILES string of the molecule is CCC(=O)N1Cc2cc(Cl)ccc2-n2c(nnc2C2CCN(C(=O)C3CCC3)CC2)C1. The highest BCUT2D eigenvalue weighted by Gasteiger charge is 2.34. The lowest BCUT2D eigenvalue weighted by molar-refractivity contribution is -0.139. The number of halogens is 1. The summed E-state index contributed by atoms with van der Waals surface area (Å²) < 4.78 is 2.13. The summed E-state index contributed by atoms with van der Waals surface area (Å²) in [7, 11) is 0. The molecule has 2 amide bonds. The van der Waals surface area contributed by atoms with E-state index in [-0.39, 0.29) is 17.7 Å². The lowest BCUT2D eigenvalue weighted by atomic mass is 9.83. The number of likely N-dealkylation sites (tertiary alicyclic amines) is 1. The van der Waals surface area contributed by atoms with Crippen LogP contribution in [0.1, 0.15) is 68.6 Å². The third-order valence-corrected chi connectivity index (χ3v) is 7.25. The first-order valence-corrected chi connectivity index (χ1v) is 11.7. The standard InChI is InChI=1S/C23H28ClN5O2/c1-2-21(30)28-13-17-12-18(24)6-7-19(17)29-20(14-28)25-26-22(29)15-8-10-27(11-9-15)23(31)16-4-3-5-16/h6-7,12,15-16H,2-5,8-11,13-14H2,1H3. The molecule has 0 atom stereocenters. The van der Waals surface area contributed by atoms with Crippen molar-refractivity contribution in [3.05, 3.63) is 40.4 Å². The number of hydrogen-bond acceptors (Lipinski definition) is 4. The fourth-order valence-electron chi connectivity index (χ4n) is 4.96. The molecule has 1 aromatic carbocycles. The number of amides is 2. The zero-order valence-corrected chi connectivity index (χ0v) is 18.6. The number of benzene rings is 1. The first-order valence-electron chi connectivity index (χ1n) is 11.3. The Morgan fingerprint density at radius 1 is 1.06 bits per heavy atom. The number of rotatable bonds is 3. The average Bonchev–Trinajstić information content (AvgIpc) is 3.07. The quantitative estimate of drug-likeness (QED) is 0.728. The second kappa shape index (κ2) is 8.26. The number of nitrogens with zero attached hydrogens (tertiary/aromatic N) is 5. The van der Waals surface area contributed by atoms with E-state index in [9.17, 15) is 9.59 Å². The van der Waals surface area contributed by atoms with E-state index in [4.69, 9.17) is 11.6 Å². The summed E-state index contributed by atoms with van der Waals surface area (Å²) in [6.45, 7) is 4.37. The molecule has 31 heavy (non-hydrogen) atoms. The van der Waals surface area contributed by atoms with Crippen LogP contribution in [0.2, 0.25) is 5.02 Å². The Balaban J connectivity index is 1.43. The third kappa shape index (κ3) is 3.73. The van der Waals surface area contributed by atoms with Crippen molar-refractivity contribution >= 4 is 23.4 Å². The molecule has 1 saturated heterocycles. The summed E-state index contributed by atoms with van der Waals surface area (Å²) >= 11 is 6.29. The van der Waals surface area contributed by atoms with Crippen LogP contribution < -0.4 is 0 Å². The second-order valence-electron chi connectivity index (χ2n) is 8.91. The Morgan fingerprint density at radius 3 is 2.52 bits per heavy atom. The maximum Gasteiger partial charge on any atom is 0.225 e. The van der Waals surface area contributed by atoms with E-state index < -0.39 is 0 Å². The molecule has 3 heterocycles. The summed E-state index contributed by atoms with van der Waals surface area (Å²) in [6, 6.07) is 5.82. The van der Waals surface area contributed by atoms with Gasteiger partial charge >= 0.3 is 0 Å². The fraction of sp³-hybridized carbons (Fsp3) is 0.565. The van der Waals surface area contributed by atoms with Gasteiger partial charge in [-0.2, -0.15) is 0 Å². The predicted molar refractivity (Wildman–Crippen MR) is 117 cm³/mol. The van der Waals surface area contributed by atoms with Gasteiger partial charge in [0.15, 0.2) is 5.82 Å². The second-order valence-corrected chi connectivity index (χ2v) is 9.35. The lowest BCUT2D eigenvalue weighted by Gasteiger charge is -2.36. The number of carbonyl (C=O) groups is 2. The average molecular weight is 442 g/mol. The van der Waals surface area contributed by atoms with E-state index in [1.54, 1.807) is 0 Å². The normalized spacial score (nSPS) is 19.4. The van der Waals surface area contributed by atoms with Crippen molar-refractivity contribution < 1.29 is 9.59 Å². The van der Waals surface area contributed by atoms with E-state index in [0.717, 1.165) is 61.7 Å². The zero-order chi connectivity index (χ0) is 21.5. The van der Waals surface area contributed by atoms with Gasteiger partial charge in [-0.1, -0.05) is 24.9 Å². The summed E-state index contributed by atoms with van der Waals surface area (Å²) in [5, 5.41) is 9.72. The summed E-state index contributed by atoms with van der Waals surface area (Å²) in [4.78, 5) is 29.0. The van der Waals surface area contributed by atoms with Crippen LogP contribution >= 0.6 is 11.6 Å². The fourth-order valence-corrected chi connectivity index (χ4v) is 5.16. The summed E-state index contributed by atoms with van der Waals surface area (Å²) in [6.07, 6.45) is 5.49. The molecule has 3 aliphatic rings. The molecule has 7 nitrogen and oxygen atoms in total. The molecule has 1 aliphatic carbocycles. The van der Waals surface area contributed by atoms with E-state index in [2.05, 4.69) is 14.8 Å². The van der Waals surface area contributed by atoms with E-state index in [1.165, 1.54) is 6.42 Å². The molecular formula is C23H28ClN5O2. The topological polar surface area (TPSA) is 71.3 Å². The van der Waals surface area contributed by atoms with Gasteiger partial charge in [0.1, 0.15) is 5.82 Å². The van der Waals surface area contributed by atoms with E-state index in [1.807, 2.05) is 34.9 Å². The Bertz CT molecular complexity index is 1010. The van der Waals surface area contributed by atoms with Crippen LogP contribution in [0.25, 0.3) is 5.69 Å². The van der Waals surface area contributed by atoms with Crippen molar-refractivity contribution in [2.24, 2.45) is 5.92 Å². The first-order chi connectivity index (χ1) is 15.0. The van der Waals surface area contributed by atoms with Crippen LogP contribution in [-0.4, -0.2) is 49.5 Å². The molecular weight excluding hydrogens is 414 g/mol. The monoisotopic (exact) mass is 441 g/mol. The van der Waals surface area contributed by atoms with Gasteiger partial charge < -0.3 is 9.80 Å². The number of hydrogen-bond donors (Lipinski definition) is 0. The number of piperidine rings is 1. The van der Waals surface area contributed by atoms with Gasteiger partial charge in [-0.05, 0) is 49.4 Å². The minimum Gasteiger partial charge on any atom is -0.342 e. The van der Waals surface area contributed by atoms with Crippen molar-refractivity contribution in [2.75, 3.05) is 13.1 Å². The Kier molecular flexibility index (Phi) is 5.46. The maximum absolute atomic E-state index is 12.6. The van der Waals surface area contributed by atoms with Crippen LogP contribution in [0.5, 0.6) is 0 Å². The predicted octanol–water partition coefficient (Wildman–Crippen LogP) is 3.68. The summed E-state index contributed by atoms with van der Waals surface area (Å²) in [5.74, 6) is 2.62. The minimum absolute atomic E-state index is 0.0896. The first kappa shape index (κ1) is 20.5. The number of carbonyl (C=O) groups excluding carboxylic acids is 2. The minimum atomic E-state index is 0.0896. The van der Waals surface area contributed by atoms with Crippen LogP contribution in [0.3, 0.4) is 0 Å². The van der Waals surface area contributed by atoms with Crippen molar-refractivity contribution in [1.82, 2.24) is 24.6 Å². The van der Waals surface area contributed by atoms with Gasteiger partial charge in [-0.15, -0.1) is 10.2 Å². The molecule has 0 bridgehead atoms. The van der Waals surface area contributed by atoms with Crippen molar-refractivity contribution in [3.63, 3.8) is 0 Å². The Morgan fingerprint density at radius 2 is 1.84 bits per heavy atom. The van der Waals surface area contributed by atoms with Gasteiger partial charge in [0.05, 0.1) is 12.2 Å². The Hall–Kier alpha value is -2.41. The highest BCUT2D eigenvalue weighted by Crippen LogP contribution is 2.35. The molecule has 1 aromatic heterocycles. The highest BCUT2D eigenvalue weighted by atomic mass is 35.5. The molecule has 2 fully saturated rings. The highest BCUT2D eigenvalue weighted by molar-refractivity contribution is 6.30. The molecule has 164 valence electrons. The molecule has 8 heteroatoms. The van der Waals surface area contributed by atoms with Crippen LogP contribution in [0.4, 0.5) is 0 Å². The molecule has 0 unspecified atom stereocenters. The molecule has 5 rings (SSSR count). The Labute approximate surface area is 187 Å². The molecule has 1 saturated carbocycles. The van der Waals surface area contributed by atoms with Crippen molar-refractivity contribution in [3.8, 4) is 5.69 Å². The third-order valence-electron chi connectivity index (χ3n) is 7.01. The van der Waals surface area contributed by atoms with Gasteiger partial charge in [0.25, 0.3) is 0 Å². The lowest BCUT2D eigenvalue weighted by Crippen LogP contribution is -2.43. The van der Waals surface area contributed by atoms with Crippen LogP contribution in [0.15, 0.2) is 18.2 Å². The number of fused-ring (bicyclic) bond motifs is 3. The molecule has 2 aromatic rings. The van der Waals surface area contributed by atoms with Gasteiger partial charge in [0.2, 0.25) is 11.8 Å². The van der Waals surface area contributed by atoms with Gasteiger partial charge in [0, 0.05) is 42.9 Å². The zero-order valence-electron chi connectivity index (χ0n) is 17.9. The molecule has 0 spiro atoms. The van der Waals surface area contributed by atoms with Crippen molar-refractivity contribution in [1.29, 1.82) is 0 Å².